The van der Waals surface area contributed by atoms with Gasteiger partial charge in [-0.2, -0.15) is 5.26 Å². The molecule has 4 aromatic rings. The smallest absolute Gasteiger partial charge is 0.157 e. The number of imidazole rings is 1. The molecule has 0 radical (unpaired) electrons. The van der Waals surface area contributed by atoms with Crippen molar-refractivity contribution in [2.75, 3.05) is 5.32 Å². The van der Waals surface area contributed by atoms with Crippen LogP contribution in [0.2, 0.25) is 0 Å². The van der Waals surface area contributed by atoms with E-state index < -0.39 is 0 Å². The van der Waals surface area contributed by atoms with Crippen LogP contribution in [0.15, 0.2) is 54.7 Å². The second kappa shape index (κ2) is 5.91. The number of nitrogens with one attached hydrogen (secondary N) is 1. The zero-order valence-corrected chi connectivity index (χ0v) is 14.1. The maximum Gasteiger partial charge on any atom is 0.157 e. The second-order valence-electron chi connectivity index (χ2n) is 6.08. The molecule has 122 valence electrons. The monoisotopic (exact) mass is 327 g/mol. The van der Waals surface area contributed by atoms with Gasteiger partial charge in [0.25, 0.3) is 0 Å². The van der Waals surface area contributed by atoms with E-state index in [0.29, 0.717) is 11.2 Å². The van der Waals surface area contributed by atoms with Crippen LogP contribution in [0.1, 0.15) is 29.8 Å². The molecular weight excluding hydrogens is 310 g/mol. The van der Waals surface area contributed by atoms with E-state index in [2.05, 4.69) is 28.3 Å². The summed E-state index contributed by atoms with van der Waals surface area (Å²) in [7, 11) is 0. The zero-order valence-electron chi connectivity index (χ0n) is 14.1. The fourth-order valence-electron chi connectivity index (χ4n) is 3.13. The Morgan fingerprint density at radius 1 is 1.16 bits per heavy atom. The molecule has 4 rings (SSSR count). The van der Waals surface area contributed by atoms with Gasteiger partial charge < -0.3 is 5.32 Å². The van der Waals surface area contributed by atoms with Crippen molar-refractivity contribution in [3.05, 3.63) is 71.5 Å². The lowest BCUT2D eigenvalue weighted by Gasteiger charge is -2.17. The third-order valence-corrected chi connectivity index (χ3v) is 4.38. The number of aromatic nitrogens is 3. The average molecular weight is 327 g/mol. The van der Waals surface area contributed by atoms with Crippen molar-refractivity contribution in [3.8, 4) is 6.07 Å². The van der Waals surface area contributed by atoms with Gasteiger partial charge in [0, 0.05) is 6.20 Å². The molecule has 0 aliphatic rings. The highest BCUT2D eigenvalue weighted by Crippen LogP contribution is 2.28. The summed E-state index contributed by atoms with van der Waals surface area (Å²) in [5.41, 5.74) is 5.00. The fraction of sp³-hybridized carbons (Fsp3) is 0.150. The predicted molar refractivity (Wildman–Crippen MR) is 98.4 cm³/mol. The third-order valence-electron chi connectivity index (χ3n) is 4.38. The lowest BCUT2D eigenvalue weighted by atomic mass is 10.1. The molecular formula is C20H17N5. The highest BCUT2D eigenvalue weighted by Gasteiger charge is 2.16. The first-order chi connectivity index (χ1) is 12.2. The Hall–Kier alpha value is -3.39. The number of nitrogens with zero attached hydrogens (tertiary/aromatic N) is 4. The van der Waals surface area contributed by atoms with Crippen LogP contribution in [0.25, 0.3) is 16.7 Å². The number of hydrogen-bond acceptors (Lipinski definition) is 4. The van der Waals surface area contributed by atoms with Gasteiger partial charge in [-0.05, 0) is 49.7 Å². The van der Waals surface area contributed by atoms with E-state index in [-0.39, 0.29) is 6.04 Å². The molecule has 0 amide bonds. The van der Waals surface area contributed by atoms with Crippen LogP contribution < -0.4 is 5.32 Å². The molecule has 0 unspecified atom stereocenters. The number of benzene rings is 1. The molecule has 5 nitrogen and oxygen atoms in total. The Labute approximate surface area is 145 Å². The average Bonchev–Trinajstić information content (AvgIpc) is 3.02. The number of aryl methyl sites for hydroxylation is 1. The minimum Gasteiger partial charge on any atom is -0.363 e. The van der Waals surface area contributed by atoms with Crippen LogP contribution in [-0.2, 0) is 0 Å². The van der Waals surface area contributed by atoms with Crippen molar-refractivity contribution in [2.45, 2.75) is 19.9 Å². The lowest BCUT2D eigenvalue weighted by Crippen LogP contribution is -2.12. The molecule has 0 spiro atoms. The van der Waals surface area contributed by atoms with Crippen LogP contribution in [0.5, 0.6) is 0 Å². The summed E-state index contributed by atoms with van der Waals surface area (Å²) in [6.45, 7) is 4.01. The molecule has 1 aromatic carbocycles. The Balaban J connectivity index is 1.93. The number of anilines is 1. The maximum absolute atomic E-state index is 9.56. The van der Waals surface area contributed by atoms with Gasteiger partial charge >= 0.3 is 0 Å². The molecule has 1 N–H and O–H groups in total. The summed E-state index contributed by atoms with van der Waals surface area (Å²) in [4.78, 5) is 9.09. The molecule has 5 heteroatoms. The van der Waals surface area contributed by atoms with Gasteiger partial charge in [0.2, 0.25) is 0 Å². The van der Waals surface area contributed by atoms with E-state index >= 15 is 0 Å². The molecule has 0 aliphatic heterocycles. The van der Waals surface area contributed by atoms with Crippen molar-refractivity contribution in [3.63, 3.8) is 0 Å². The molecule has 1 atom stereocenters. The van der Waals surface area contributed by atoms with Crippen molar-refractivity contribution in [1.29, 1.82) is 5.26 Å². The minimum atomic E-state index is 0.0258. The third kappa shape index (κ3) is 2.48. The summed E-state index contributed by atoms with van der Waals surface area (Å²) in [6.07, 6.45) is 1.79. The molecule has 0 saturated heterocycles. The van der Waals surface area contributed by atoms with Gasteiger partial charge in [-0.25, -0.2) is 4.98 Å². The highest BCUT2D eigenvalue weighted by molar-refractivity contribution is 5.85. The summed E-state index contributed by atoms with van der Waals surface area (Å²) in [5, 5.41) is 13.1. The SMILES string of the molecule is Cc1cc(N[C@@H](C)c2ccccn2)n2c(nc3ccccc32)c1C#N. The largest absolute Gasteiger partial charge is 0.363 e. The molecule has 0 fully saturated rings. The number of fused-ring (bicyclic) bond motifs is 3. The van der Waals surface area contributed by atoms with Gasteiger partial charge in [-0.3, -0.25) is 9.38 Å². The molecule has 3 heterocycles. The van der Waals surface area contributed by atoms with E-state index in [1.165, 1.54) is 0 Å². The number of rotatable bonds is 3. The summed E-state index contributed by atoms with van der Waals surface area (Å²) >= 11 is 0. The van der Waals surface area contributed by atoms with Gasteiger partial charge in [0.1, 0.15) is 11.9 Å². The van der Waals surface area contributed by atoms with Crippen molar-refractivity contribution in [1.82, 2.24) is 14.4 Å². The number of nitriles is 1. The minimum absolute atomic E-state index is 0.0258. The lowest BCUT2D eigenvalue weighted by molar-refractivity contribution is 0.828. The Morgan fingerprint density at radius 2 is 1.96 bits per heavy atom. The van der Waals surface area contributed by atoms with Crippen LogP contribution in [0, 0.1) is 18.3 Å². The highest BCUT2D eigenvalue weighted by atomic mass is 15.1. The van der Waals surface area contributed by atoms with Gasteiger partial charge in [0.05, 0.1) is 28.3 Å². The first-order valence-electron chi connectivity index (χ1n) is 8.17. The summed E-state index contributed by atoms with van der Waals surface area (Å²) in [6, 6.07) is 18.1. The van der Waals surface area contributed by atoms with E-state index in [1.54, 1.807) is 6.20 Å². The first-order valence-corrected chi connectivity index (χ1v) is 8.17. The molecule has 0 aliphatic carbocycles. The maximum atomic E-state index is 9.56. The summed E-state index contributed by atoms with van der Waals surface area (Å²) < 4.78 is 2.01. The molecule has 0 saturated carbocycles. The van der Waals surface area contributed by atoms with Gasteiger partial charge in [0.15, 0.2) is 5.65 Å². The number of pyridine rings is 2. The summed E-state index contributed by atoms with van der Waals surface area (Å²) in [5.74, 6) is 0.901. The number of para-hydroxylation sites is 2. The van der Waals surface area contributed by atoms with Crippen molar-refractivity contribution < 1.29 is 0 Å². The Kier molecular flexibility index (Phi) is 3.58. The van der Waals surface area contributed by atoms with E-state index in [1.807, 2.05) is 59.9 Å². The fourth-order valence-corrected chi connectivity index (χ4v) is 3.13. The van der Waals surface area contributed by atoms with Crippen LogP contribution in [0.3, 0.4) is 0 Å². The predicted octanol–water partition coefficient (Wildman–Crippen LogP) is 4.24. The van der Waals surface area contributed by atoms with Gasteiger partial charge in [-0.1, -0.05) is 18.2 Å². The van der Waals surface area contributed by atoms with Crippen LogP contribution in [0.4, 0.5) is 5.82 Å². The molecule has 0 bridgehead atoms. The van der Waals surface area contributed by atoms with E-state index in [0.717, 1.165) is 28.1 Å². The van der Waals surface area contributed by atoms with E-state index in [9.17, 15) is 5.26 Å². The molecule has 3 aromatic heterocycles. The van der Waals surface area contributed by atoms with Crippen molar-refractivity contribution >= 4 is 22.5 Å². The number of hydrogen-bond donors (Lipinski definition) is 1. The van der Waals surface area contributed by atoms with E-state index in [4.69, 9.17) is 0 Å². The Bertz CT molecular complexity index is 1110. The van der Waals surface area contributed by atoms with Crippen LogP contribution >= 0.6 is 0 Å². The topological polar surface area (TPSA) is 66.0 Å². The van der Waals surface area contributed by atoms with Gasteiger partial charge in [-0.15, -0.1) is 0 Å². The normalized spacial score (nSPS) is 12.2. The van der Waals surface area contributed by atoms with Crippen molar-refractivity contribution in [2.24, 2.45) is 0 Å². The first kappa shape index (κ1) is 15.2. The van der Waals surface area contributed by atoms with Crippen LogP contribution in [-0.4, -0.2) is 14.4 Å². The Morgan fingerprint density at radius 3 is 2.72 bits per heavy atom. The zero-order chi connectivity index (χ0) is 17.4. The quantitative estimate of drug-likeness (QED) is 0.611. The second-order valence-corrected chi connectivity index (χ2v) is 6.08. The molecule has 25 heavy (non-hydrogen) atoms. The standard InChI is InChI=1S/C20H17N5/c1-13-11-19(23-14(2)16-7-5-6-10-22-16)25-18-9-4-3-8-17(18)24-20(25)15(13)12-21/h3-11,14,23H,1-2H3/t14-/m0/s1.